The van der Waals surface area contributed by atoms with Crippen molar-refractivity contribution in [2.75, 3.05) is 14.1 Å². The number of aldehydes is 1. The van der Waals surface area contributed by atoms with Crippen molar-refractivity contribution in [1.29, 1.82) is 0 Å². The molecule has 0 radical (unpaired) electrons. The van der Waals surface area contributed by atoms with E-state index in [1.165, 1.54) is 11.1 Å². The molecule has 0 saturated heterocycles. The maximum atomic E-state index is 10.6. The average Bonchev–Trinajstić information content (AvgIpc) is 2.39. The Morgan fingerprint density at radius 3 is 1.79 bits per heavy atom. The smallest absolute Gasteiger partial charge is 0.150 e. The molecule has 3 heteroatoms. The molecule has 0 fully saturated rings. The van der Waals surface area contributed by atoms with Crippen molar-refractivity contribution in [2.45, 2.75) is 6.54 Å². The largest absolute Gasteiger partial charge is 0.305 e. The van der Waals surface area contributed by atoms with E-state index in [1.54, 1.807) is 0 Å². The van der Waals surface area contributed by atoms with Crippen LogP contribution < -0.4 is 0 Å². The summed E-state index contributed by atoms with van der Waals surface area (Å²) in [5.74, 6) is 0. The van der Waals surface area contributed by atoms with Gasteiger partial charge >= 0.3 is 0 Å². The predicted molar refractivity (Wildman–Crippen MR) is 81.9 cm³/mol. The highest BCUT2D eigenvalue weighted by molar-refractivity contribution is 5.85. The van der Waals surface area contributed by atoms with Crippen LogP contribution in [0.1, 0.15) is 15.9 Å². The van der Waals surface area contributed by atoms with Crippen molar-refractivity contribution in [3.05, 3.63) is 59.7 Å². The molecular weight excluding hydrogens is 258 g/mol. The lowest BCUT2D eigenvalue weighted by atomic mass is 10.0. The third-order valence-corrected chi connectivity index (χ3v) is 2.83. The van der Waals surface area contributed by atoms with E-state index in [4.69, 9.17) is 0 Å². The highest BCUT2D eigenvalue weighted by atomic mass is 35.5. The van der Waals surface area contributed by atoms with Gasteiger partial charge in [-0.1, -0.05) is 48.5 Å². The van der Waals surface area contributed by atoms with E-state index in [1.807, 2.05) is 24.3 Å². The summed E-state index contributed by atoms with van der Waals surface area (Å²) in [6.45, 7) is 0.949. The Hall–Kier alpha value is -1.64. The van der Waals surface area contributed by atoms with Gasteiger partial charge in [-0.05, 0) is 30.8 Å². The number of benzene rings is 2. The van der Waals surface area contributed by atoms with Crippen molar-refractivity contribution >= 4 is 18.7 Å². The summed E-state index contributed by atoms with van der Waals surface area (Å²) in [6.07, 6.45) is 0.865. The number of rotatable bonds is 4. The van der Waals surface area contributed by atoms with Gasteiger partial charge in [0.15, 0.2) is 0 Å². The topological polar surface area (TPSA) is 20.3 Å². The maximum absolute atomic E-state index is 10.6. The second kappa shape index (κ2) is 7.07. The highest BCUT2D eigenvalue weighted by Gasteiger charge is 1.99. The molecule has 0 N–H and O–H groups in total. The lowest BCUT2D eigenvalue weighted by Gasteiger charge is -2.10. The van der Waals surface area contributed by atoms with Gasteiger partial charge in [0.25, 0.3) is 0 Å². The van der Waals surface area contributed by atoms with Crippen LogP contribution in [0.5, 0.6) is 0 Å². The Labute approximate surface area is 120 Å². The Morgan fingerprint density at radius 2 is 1.37 bits per heavy atom. The van der Waals surface area contributed by atoms with E-state index in [-0.39, 0.29) is 12.4 Å². The molecule has 0 heterocycles. The SMILES string of the molecule is CN(C)Cc1ccc(-c2ccc(C=O)cc2)cc1.Cl. The van der Waals surface area contributed by atoms with Crippen molar-refractivity contribution < 1.29 is 4.79 Å². The van der Waals surface area contributed by atoms with Gasteiger partial charge in [0.1, 0.15) is 6.29 Å². The van der Waals surface area contributed by atoms with Gasteiger partial charge < -0.3 is 4.90 Å². The first-order chi connectivity index (χ1) is 8.69. The van der Waals surface area contributed by atoms with E-state index in [0.717, 1.165) is 18.4 Å². The maximum Gasteiger partial charge on any atom is 0.150 e. The Balaban J connectivity index is 0.00000180. The lowest BCUT2D eigenvalue weighted by Crippen LogP contribution is -2.10. The zero-order chi connectivity index (χ0) is 13.0. The van der Waals surface area contributed by atoms with Crippen LogP contribution in [-0.2, 0) is 6.54 Å². The monoisotopic (exact) mass is 275 g/mol. The molecule has 0 atom stereocenters. The molecule has 0 spiro atoms. The van der Waals surface area contributed by atoms with E-state index in [2.05, 4.69) is 43.3 Å². The summed E-state index contributed by atoms with van der Waals surface area (Å²) in [5.41, 5.74) is 4.32. The van der Waals surface area contributed by atoms with Crippen LogP contribution in [0.4, 0.5) is 0 Å². The van der Waals surface area contributed by atoms with E-state index < -0.39 is 0 Å². The Kier molecular flexibility index (Phi) is 5.74. The number of carbonyl (C=O) groups excluding carboxylic acids is 1. The molecule has 2 aromatic rings. The number of hydrogen-bond acceptors (Lipinski definition) is 2. The van der Waals surface area contributed by atoms with Crippen LogP contribution in [0.15, 0.2) is 48.5 Å². The molecule has 0 amide bonds. The van der Waals surface area contributed by atoms with Crippen molar-refractivity contribution in [3.8, 4) is 11.1 Å². The first-order valence-electron chi connectivity index (χ1n) is 5.98. The summed E-state index contributed by atoms with van der Waals surface area (Å²) in [7, 11) is 4.12. The van der Waals surface area contributed by atoms with Crippen LogP contribution >= 0.6 is 12.4 Å². The Bertz CT molecular complexity index is 517. The zero-order valence-corrected chi connectivity index (χ0v) is 12.0. The minimum Gasteiger partial charge on any atom is -0.305 e. The third-order valence-electron chi connectivity index (χ3n) is 2.83. The van der Waals surface area contributed by atoms with Gasteiger partial charge in [-0.15, -0.1) is 12.4 Å². The molecule has 0 aromatic heterocycles. The molecule has 19 heavy (non-hydrogen) atoms. The second-order valence-electron chi connectivity index (χ2n) is 4.67. The molecule has 0 aliphatic carbocycles. The molecule has 0 bridgehead atoms. The van der Waals surface area contributed by atoms with Gasteiger partial charge in [0.05, 0.1) is 0 Å². The minimum atomic E-state index is 0. The van der Waals surface area contributed by atoms with Gasteiger partial charge in [0.2, 0.25) is 0 Å². The van der Waals surface area contributed by atoms with Gasteiger partial charge in [-0.2, -0.15) is 0 Å². The lowest BCUT2D eigenvalue weighted by molar-refractivity contribution is 0.112. The van der Waals surface area contributed by atoms with Crippen LogP contribution in [-0.4, -0.2) is 25.3 Å². The van der Waals surface area contributed by atoms with Crippen LogP contribution in [0, 0.1) is 0 Å². The summed E-state index contributed by atoms with van der Waals surface area (Å²) in [4.78, 5) is 12.7. The molecule has 2 nitrogen and oxygen atoms in total. The van der Waals surface area contributed by atoms with E-state index in [9.17, 15) is 4.79 Å². The minimum absolute atomic E-state index is 0. The quantitative estimate of drug-likeness (QED) is 0.794. The molecule has 0 aliphatic heterocycles. The molecular formula is C16H18ClNO. The van der Waals surface area contributed by atoms with Gasteiger partial charge in [0, 0.05) is 12.1 Å². The first kappa shape index (κ1) is 15.4. The standard InChI is InChI=1S/C16H17NO.ClH/c1-17(2)11-13-3-7-15(8-4-13)16-9-5-14(12-18)6-10-16;/h3-10,12H,11H2,1-2H3;1H. The van der Waals surface area contributed by atoms with Crippen LogP contribution in [0.2, 0.25) is 0 Å². The summed E-state index contributed by atoms with van der Waals surface area (Å²) in [6, 6.07) is 16.2. The van der Waals surface area contributed by atoms with Gasteiger partial charge in [-0.3, -0.25) is 4.79 Å². The average molecular weight is 276 g/mol. The van der Waals surface area contributed by atoms with E-state index in [0.29, 0.717) is 5.56 Å². The van der Waals surface area contributed by atoms with Crippen molar-refractivity contribution in [1.82, 2.24) is 4.90 Å². The van der Waals surface area contributed by atoms with E-state index >= 15 is 0 Å². The number of halogens is 1. The van der Waals surface area contributed by atoms with Crippen molar-refractivity contribution in [3.63, 3.8) is 0 Å². The number of carbonyl (C=O) groups is 1. The fourth-order valence-corrected chi connectivity index (χ4v) is 1.92. The third kappa shape index (κ3) is 4.19. The van der Waals surface area contributed by atoms with Crippen molar-refractivity contribution in [2.24, 2.45) is 0 Å². The van der Waals surface area contributed by atoms with Crippen LogP contribution in [0.25, 0.3) is 11.1 Å². The molecule has 0 saturated carbocycles. The fourth-order valence-electron chi connectivity index (χ4n) is 1.92. The Morgan fingerprint density at radius 1 is 0.895 bits per heavy atom. The number of hydrogen-bond donors (Lipinski definition) is 0. The molecule has 2 aromatic carbocycles. The second-order valence-corrected chi connectivity index (χ2v) is 4.67. The molecule has 0 aliphatic rings. The van der Waals surface area contributed by atoms with Gasteiger partial charge in [-0.25, -0.2) is 0 Å². The summed E-state index contributed by atoms with van der Waals surface area (Å²) >= 11 is 0. The normalized spacial score (nSPS) is 10.1. The first-order valence-corrected chi connectivity index (χ1v) is 5.98. The predicted octanol–water partition coefficient (Wildman–Crippen LogP) is 3.65. The highest BCUT2D eigenvalue weighted by Crippen LogP contribution is 2.20. The molecule has 2 rings (SSSR count). The molecule has 0 unspecified atom stereocenters. The zero-order valence-electron chi connectivity index (χ0n) is 11.2. The summed E-state index contributed by atoms with van der Waals surface area (Å²) < 4.78 is 0. The van der Waals surface area contributed by atoms with Crippen LogP contribution in [0.3, 0.4) is 0 Å². The fraction of sp³-hybridized carbons (Fsp3) is 0.188. The number of nitrogens with zero attached hydrogens (tertiary/aromatic N) is 1. The summed E-state index contributed by atoms with van der Waals surface area (Å²) in [5, 5.41) is 0. The molecule has 100 valence electrons.